The summed E-state index contributed by atoms with van der Waals surface area (Å²) in [4.78, 5) is 12.0. The Morgan fingerprint density at radius 2 is 1.89 bits per heavy atom. The van der Waals surface area contributed by atoms with Gasteiger partial charge in [-0.1, -0.05) is 31.0 Å². The standard InChI is InChI=1S/C19H22ClFN2O4S/c1-3-4-17(19(22)24)23(12-13-5-10-18(27-2)16(21)11-13)28(25,26)15-8-6-14(20)7-9-15/h5-11,17H,3-4,12H2,1-2H3,(H2,22,24)/t17-/m1/s1. The highest BCUT2D eigenvalue weighted by Gasteiger charge is 2.34. The third-order valence-electron chi connectivity index (χ3n) is 4.21. The van der Waals surface area contributed by atoms with Crippen molar-refractivity contribution >= 4 is 27.5 Å². The highest BCUT2D eigenvalue weighted by atomic mass is 35.5. The third-order valence-corrected chi connectivity index (χ3v) is 6.33. The summed E-state index contributed by atoms with van der Waals surface area (Å²) < 4.78 is 46.4. The molecule has 0 aliphatic heterocycles. The lowest BCUT2D eigenvalue weighted by molar-refractivity contribution is -0.122. The van der Waals surface area contributed by atoms with Crippen LogP contribution in [-0.2, 0) is 21.4 Å². The number of rotatable bonds is 9. The molecule has 2 rings (SSSR count). The van der Waals surface area contributed by atoms with Gasteiger partial charge in [0.15, 0.2) is 11.6 Å². The van der Waals surface area contributed by atoms with Gasteiger partial charge < -0.3 is 10.5 Å². The fraction of sp³-hybridized carbons (Fsp3) is 0.316. The van der Waals surface area contributed by atoms with Gasteiger partial charge in [-0.2, -0.15) is 4.31 Å². The van der Waals surface area contributed by atoms with Crippen molar-refractivity contribution in [3.8, 4) is 5.75 Å². The van der Waals surface area contributed by atoms with Crippen LogP contribution in [-0.4, -0.2) is 31.8 Å². The van der Waals surface area contributed by atoms with Gasteiger partial charge in [0.25, 0.3) is 0 Å². The molecule has 0 aliphatic carbocycles. The van der Waals surface area contributed by atoms with Crippen molar-refractivity contribution in [1.82, 2.24) is 4.31 Å². The molecule has 0 aliphatic rings. The summed E-state index contributed by atoms with van der Waals surface area (Å²) in [7, 11) is -2.76. The first-order valence-corrected chi connectivity index (χ1v) is 10.4. The van der Waals surface area contributed by atoms with E-state index in [0.717, 1.165) is 4.31 Å². The number of methoxy groups -OCH3 is 1. The molecule has 28 heavy (non-hydrogen) atoms. The number of halogens is 2. The van der Waals surface area contributed by atoms with E-state index in [0.29, 0.717) is 17.0 Å². The Labute approximate surface area is 169 Å². The number of hydrogen-bond acceptors (Lipinski definition) is 4. The third kappa shape index (κ3) is 5.01. The van der Waals surface area contributed by atoms with E-state index >= 15 is 0 Å². The van der Waals surface area contributed by atoms with Gasteiger partial charge in [0.2, 0.25) is 15.9 Å². The van der Waals surface area contributed by atoms with Gasteiger partial charge in [0.1, 0.15) is 6.04 Å². The molecule has 0 fully saturated rings. The second-order valence-electron chi connectivity index (χ2n) is 6.18. The van der Waals surface area contributed by atoms with Crippen LogP contribution in [0.3, 0.4) is 0 Å². The van der Waals surface area contributed by atoms with Crippen LogP contribution in [0, 0.1) is 5.82 Å². The van der Waals surface area contributed by atoms with Crippen molar-refractivity contribution in [3.63, 3.8) is 0 Å². The quantitative estimate of drug-likeness (QED) is 0.663. The van der Waals surface area contributed by atoms with E-state index in [9.17, 15) is 17.6 Å². The first-order valence-electron chi connectivity index (χ1n) is 8.59. The van der Waals surface area contributed by atoms with Gasteiger partial charge in [-0.25, -0.2) is 12.8 Å². The number of carbonyl (C=O) groups is 1. The SMILES string of the molecule is CCC[C@H](C(N)=O)N(Cc1ccc(OC)c(F)c1)S(=O)(=O)c1ccc(Cl)cc1. The monoisotopic (exact) mass is 428 g/mol. The number of ether oxygens (including phenoxy) is 1. The van der Waals surface area contributed by atoms with Crippen LogP contribution in [0.4, 0.5) is 4.39 Å². The van der Waals surface area contributed by atoms with E-state index in [4.69, 9.17) is 22.1 Å². The summed E-state index contributed by atoms with van der Waals surface area (Å²) in [5, 5.41) is 0.378. The lowest BCUT2D eigenvalue weighted by Gasteiger charge is -2.29. The predicted octanol–water partition coefficient (Wildman–Crippen LogP) is 3.33. The molecule has 1 amide bonds. The molecule has 0 spiro atoms. The fourth-order valence-corrected chi connectivity index (χ4v) is 4.53. The largest absolute Gasteiger partial charge is 0.494 e. The van der Waals surface area contributed by atoms with Gasteiger partial charge in [-0.05, 0) is 48.4 Å². The second-order valence-corrected chi connectivity index (χ2v) is 8.51. The number of nitrogens with zero attached hydrogens (tertiary/aromatic N) is 1. The van der Waals surface area contributed by atoms with Crippen LogP contribution in [0.1, 0.15) is 25.3 Å². The zero-order valence-corrected chi connectivity index (χ0v) is 17.1. The Hall–Kier alpha value is -2.16. The molecule has 9 heteroatoms. The molecule has 0 aromatic heterocycles. The number of sulfonamides is 1. The number of carbonyl (C=O) groups excluding carboxylic acids is 1. The van der Waals surface area contributed by atoms with Crippen molar-refractivity contribution in [1.29, 1.82) is 0 Å². The molecule has 0 radical (unpaired) electrons. The van der Waals surface area contributed by atoms with Crippen LogP contribution in [0.25, 0.3) is 0 Å². The number of nitrogens with two attached hydrogens (primary N) is 1. The fourth-order valence-electron chi connectivity index (χ4n) is 2.79. The number of hydrogen-bond donors (Lipinski definition) is 1. The first kappa shape index (κ1) is 22.1. The Balaban J connectivity index is 2.51. The summed E-state index contributed by atoms with van der Waals surface area (Å²) in [5.74, 6) is -1.36. The van der Waals surface area contributed by atoms with Gasteiger partial charge >= 0.3 is 0 Å². The van der Waals surface area contributed by atoms with Crippen LogP contribution < -0.4 is 10.5 Å². The molecule has 0 heterocycles. The van der Waals surface area contributed by atoms with E-state index < -0.39 is 27.8 Å². The highest BCUT2D eigenvalue weighted by molar-refractivity contribution is 7.89. The van der Waals surface area contributed by atoms with Crippen molar-refractivity contribution < 1.29 is 22.3 Å². The molecule has 2 aromatic rings. The average molecular weight is 429 g/mol. The Morgan fingerprint density at radius 1 is 1.25 bits per heavy atom. The zero-order chi connectivity index (χ0) is 20.9. The smallest absolute Gasteiger partial charge is 0.244 e. The minimum Gasteiger partial charge on any atom is -0.494 e. The van der Waals surface area contributed by atoms with Crippen molar-refractivity contribution in [2.45, 2.75) is 37.2 Å². The van der Waals surface area contributed by atoms with Crippen LogP contribution >= 0.6 is 11.6 Å². The van der Waals surface area contributed by atoms with E-state index in [1.165, 1.54) is 49.6 Å². The summed E-state index contributed by atoms with van der Waals surface area (Å²) in [6.07, 6.45) is 0.776. The summed E-state index contributed by atoms with van der Waals surface area (Å²) in [6, 6.07) is 8.63. The lowest BCUT2D eigenvalue weighted by Crippen LogP contribution is -2.47. The number of primary amides is 1. The molecule has 152 valence electrons. The maximum atomic E-state index is 14.1. The van der Waals surface area contributed by atoms with Gasteiger partial charge in [0.05, 0.1) is 12.0 Å². The van der Waals surface area contributed by atoms with Gasteiger partial charge in [-0.3, -0.25) is 4.79 Å². The molecule has 0 saturated carbocycles. The molecule has 6 nitrogen and oxygen atoms in total. The van der Waals surface area contributed by atoms with Crippen molar-refractivity contribution in [2.24, 2.45) is 5.73 Å². The normalized spacial score (nSPS) is 12.8. The van der Waals surface area contributed by atoms with E-state index in [1.807, 2.05) is 6.92 Å². The van der Waals surface area contributed by atoms with Gasteiger partial charge in [-0.15, -0.1) is 0 Å². The van der Waals surface area contributed by atoms with Crippen molar-refractivity contribution in [2.75, 3.05) is 7.11 Å². The zero-order valence-electron chi connectivity index (χ0n) is 15.6. The molecule has 0 bridgehead atoms. The predicted molar refractivity (Wildman–Crippen MR) is 105 cm³/mol. The highest BCUT2D eigenvalue weighted by Crippen LogP contribution is 2.26. The van der Waals surface area contributed by atoms with Gasteiger partial charge in [0, 0.05) is 11.6 Å². The minimum absolute atomic E-state index is 0.0340. The summed E-state index contributed by atoms with van der Waals surface area (Å²) >= 11 is 5.84. The van der Waals surface area contributed by atoms with E-state index in [-0.39, 0.29) is 23.6 Å². The molecular formula is C19H22ClFN2O4S. The molecule has 2 N–H and O–H groups in total. The Morgan fingerprint density at radius 3 is 2.39 bits per heavy atom. The molecule has 0 saturated heterocycles. The first-order chi connectivity index (χ1) is 13.2. The summed E-state index contributed by atoms with van der Waals surface area (Å²) in [5.41, 5.74) is 5.85. The van der Waals surface area contributed by atoms with E-state index in [2.05, 4.69) is 0 Å². The van der Waals surface area contributed by atoms with Crippen LogP contribution in [0.2, 0.25) is 5.02 Å². The van der Waals surface area contributed by atoms with Crippen molar-refractivity contribution in [3.05, 3.63) is 58.9 Å². The van der Waals surface area contributed by atoms with E-state index in [1.54, 1.807) is 0 Å². The Kier molecular flexibility index (Phi) is 7.40. The molecule has 0 unspecified atom stereocenters. The topological polar surface area (TPSA) is 89.7 Å². The Bertz CT molecular complexity index is 935. The summed E-state index contributed by atoms with van der Waals surface area (Å²) in [6.45, 7) is 1.59. The van der Waals surface area contributed by atoms with Crippen LogP contribution in [0.5, 0.6) is 5.75 Å². The number of benzene rings is 2. The second kappa shape index (κ2) is 9.36. The molecular weight excluding hydrogens is 407 g/mol. The maximum Gasteiger partial charge on any atom is 0.244 e. The van der Waals surface area contributed by atoms with Crippen LogP contribution in [0.15, 0.2) is 47.4 Å². The minimum atomic E-state index is -4.09. The average Bonchev–Trinajstić information content (AvgIpc) is 2.64. The molecule has 1 atom stereocenters. The number of amides is 1. The maximum absolute atomic E-state index is 14.1. The lowest BCUT2D eigenvalue weighted by atomic mass is 10.1. The molecule has 2 aromatic carbocycles.